The average Bonchev–Trinajstić information content (AvgIpc) is 3.08. The van der Waals surface area contributed by atoms with E-state index in [0.29, 0.717) is 17.4 Å². The van der Waals surface area contributed by atoms with Crippen molar-refractivity contribution < 1.29 is 28.4 Å². The third-order valence-electron chi connectivity index (χ3n) is 8.73. The van der Waals surface area contributed by atoms with Gasteiger partial charge in [0.1, 0.15) is 0 Å². The maximum Gasteiger partial charge on any atom is 0.219 e. The number of aromatic nitrogens is 1. The number of hydrogen-bond acceptors (Lipinski definition) is 9. The molecule has 9 heteroatoms. The highest BCUT2D eigenvalue weighted by Crippen LogP contribution is 2.39. The lowest BCUT2D eigenvalue weighted by Gasteiger charge is -2.28. The smallest absolute Gasteiger partial charge is 0.219 e. The van der Waals surface area contributed by atoms with Crippen LogP contribution in [-0.2, 0) is 25.7 Å². The quantitative estimate of drug-likeness (QED) is 0.219. The fourth-order valence-corrected chi connectivity index (χ4v) is 6.40. The summed E-state index contributed by atoms with van der Waals surface area (Å²) in [6.45, 7) is 1.81. The molecule has 4 aromatic rings. The molecule has 9 nitrogen and oxygen atoms in total. The molecular formula is C36H41N3O6. The lowest BCUT2D eigenvalue weighted by molar-refractivity contribution is 0.352. The molecule has 0 saturated carbocycles. The van der Waals surface area contributed by atoms with E-state index in [4.69, 9.17) is 28.4 Å². The van der Waals surface area contributed by atoms with Crippen LogP contribution < -0.4 is 39.1 Å². The highest BCUT2D eigenvalue weighted by molar-refractivity contribution is 5.51. The average molecular weight is 612 g/mol. The van der Waals surface area contributed by atoms with Crippen LogP contribution in [0.1, 0.15) is 45.5 Å². The summed E-state index contributed by atoms with van der Waals surface area (Å²) in [5.41, 5.74) is 7.27. The number of benzene rings is 3. The summed E-state index contributed by atoms with van der Waals surface area (Å²) in [7, 11) is 8.35. The Bertz CT molecular complexity index is 1640. The number of nitrogens with one attached hydrogen (secondary N) is 2. The SMILES string of the molecule is COc1cc2c(cc1OC)[C@@H](Cc1ccc(Oc3ccc(C[C@H]4NCCc5cc(OC)c(OC)cc54)cc3OC)nc1)NCC2. The van der Waals surface area contributed by atoms with E-state index in [1.54, 1.807) is 35.5 Å². The Balaban J connectivity index is 1.14. The van der Waals surface area contributed by atoms with Gasteiger partial charge in [0.2, 0.25) is 5.88 Å². The first-order valence-electron chi connectivity index (χ1n) is 15.3. The summed E-state index contributed by atoms with van der Waals surface area (Å²) >= 11 is 0. The first-order chi connectivity index (χ1) is 22.0. The Labute approximate surface area is 264 Å². The van der Waals surface area contributed by atoms with Crippen molar-refractivity contribution in [3.8, 4) is 40.4 Å². The van der Waals surface area contributed by atoms with E-state index < -0.39 is 0 Å². The number of rotatable bonds is 11. The van der Waals surface area contributed by atoms with Gasteiger partial charge in [0.25, 0.3) is 0 Å². The summed E-state index contributed by atoms with van der Waals surface area (Å²) in [6.07, 6.45) is 5.37. The van der Waals surface area contributed by atoms with E-state index in [9.17, 15) is 0 Å². The minimum Gasteiger partial charge on any atom is -0.493 e. The van der Waals surface area contributed by atoms with Crippen molar-refractivity contribution in [3.63, 3.8) is 0 Å². The Hall–Kier alpha value is -4.47. The van der Waals surface area contributed by atoms with Crippen molar-refractivity contribution in [2.45, 2.75) is 37.8 Å². The summed E-state index contributed by atoms with van der Waals surface area (Å²) < 4.78 is 34.1. The number of nitrogens with zero attached hydrogens (tertiary/aromatic N) is 1. The molecule has 2 aliphatic heterocycles. The number of fused-ring (bicyclic) bond motifs is 2. The van der Waals surface area contributed by atoms with Gasteiger partial charge in [-0.05, 0) is 109 Å². The van der Waals surface area contributed by atoms with E-state index in [0.717, 1.165) is 72.9 Å². The van der Waals surface area contributed by atoms with E-state index >= 15 is 0 Å². The molecule has 236 valence electrons. The van der Waals surface area contributed by atoms with Crippen LogP contribution in [0.2, 0.25) is 0 Å². The van der Waals surface area contributed by atoms with Gasteiger partial charge in [0.15, 0.2) is 34.5 Å². The van der Waals surface area contributed by atoms with Crippen molar-refractivity contribution >= 4 is 0 Å². The minimum absolute atomic E-state index is 0.146. The van der Waals surface area contributed by atoms with Crippen LogP contribution in [0.15, 0.2) is 60.8 Å². The predicted molar refractivity (Wildman–Crippen MR) is 173 cm³/mol. The minimum atomic E-state index is 0.146. The molecule has 0 fully saturated rings. The normalized spacial score (nSPS) is 17.1. The zero-order chi connectivity index (χ0) is 31.3. The topological polar surface area (TPSA) is 92.3 Å². The Morgan fingerprint density at radius 1 is 0.578 bits per heavy atom. The molecule has 6 rings (SSSR count). The van der Waals surface area contributed by atoms with Crippen LogP contribution in [0.3, 0.4) is 0 Å². The van der Waals surface area contributed by atoms with Crippen LogP contribution in [0, 0.1) is 0 Å². The van der Waals surface area contributed by atoms with E-state index in [-0.39, 0.29) is 12.1 Å². The molecule has 0 unspecified atom stereocenters. The van der Waals surface area contributed by atoms with Gasteiger partial charge < -0.3 is 39.1 Å². The molecular weight excluding hydrogens is 570 g/mol. The third-order valence-corrected chi connectivity index (χ3v) is 8.73. The largest absolute Gasteiger partial charge is 0.493 e. The van der Waals surface area contributed by atoms with Gasteiger partial charge in [-0.15, -0.1) is 0 Å². The van der Waals surface area contributed by atoms with Gasteiger partial charge in [-0.1, -0.05) is 12.1 Å². The first kappa shape index (κ1) is 30.6. The predicted octanol–water partition coefficient (Wildman–Crippen LogP) is 5.78. The number of pyridine rings is 1. The molecule has 0 spiro atoms. The standard InChI is InChI=1S/C36H41N3O6/c1-40-31-16-22(14-28-26-19-34(43-4)32(41-2)17-24(26)10-12-37-28)6-8-30(31)45-36-9-7-23(21-39-36)15-29-27-20-35(44-5)33(42-3)18-25(27)11-13-38-29/h6-9,16-21,28-29,37-38H,10-15H2,1-5H3/t28-,29-/m1/s1. The monoisotopic (exact) mass is 611 g/mol. The zero-order valence-electron chi connectivity index (χ0n) is 26.6. The fourth-order valence-electron chi connectivity index (χ4n) is 6.40. The molecule has 0 radical (unpaired) electrons. The number of ether oxygens (including phenoxy) is 6. The van der Waals surface area contributed by atoms with Crippen LogP contribution in [-0.4, -0.2) is 53.6 Å². The van der Waals surface area contributed by atoms with Crippen molar-refractivity contribution in [2.75, 3.05) is 48.6 Å². The Morgan fingerprint density at radius 2 is 1.07 bits per heavy atom. The van der Waals surface area contributed by atoms with E-state index in [1.807, 2.05) is 24.4 Å². The molecule has 1 aromatic heterocycles. The molecule has 2 aliphatic rings. The Kier molecular flexibility index (Phi) is 9.28. The summed E-state index contributed by atoms with van der Waals surface area (Å²) in [4.78, 5) is 4.62. The molecule has 3 heterocycles. The Morgan fingerprint density at radius 3 is 1.58 bits per heavy atom. The van der Waals surface area contributed by atoms with Gasteiger partial charge in [-0.3, -0.25) is 0 Å². The molecule has 0 aliphatic carbocycles. The van der Waals surface area contributed by atoms with Gasteiger partial charge in [-0.2, -0.15) is 0 Å². The van der Waals surface area contributed by atoms with Gasteiger partial charge in [0, 0.05) is 24.3 Å². The second-order valence-corrected chi connectivity index (χ2v) is 11.3. The van der Waals surface area contributed by atoms with Gasteiger partial charge in [0.05, 0.1) is 35.5 Å². The van der Waals surface area contributed by atoms with E-state index in [1.165, 1.54) is 22.3 Å². The fraction of sp³-hybridized carbons (Fsp3) is 0.361. The second kappa shape index (κ2) is 13.7. The van der Waals surface area contributed by atoms with Gasteiger partial charge in [-0.25, -0.2) is 4.98 Å². The summed E-state index contributed by atoms with van der Waals surface area (Å²) in [5, 5.41) is 7.31. The molecule has 0 amide bonds. The molecule has 0 saturated heterocycles. The first-order valence-corrected chi connectivity index (χ1v) is 15.3. The van der Waals surface area contributed by atoms with Crippen LogP contribution in [0.5, 0.6) is 40.4 Å². The number of hydrogen-bond donors (Lipinski definition) is 2. The molecule has 2 N–H and O–H groups in total. The lowest BCUT2D eigenvalue weighted by Crippen LogP contribution is -2.31. The van der Waals surface area contributed by atoms with E-state index in [2.05, 4.69) is 52.0 Å². The summed E-state index contributed by atoms with van der Waals surface area (Å²) in [5.74, 6) is 4.80. The molecule has 2 atom stereocenters. The molecule has 0 bridgehead atoms. The summed E-state index contributed by atoms with van der Waals surface area (Å²) in [6, 6.07) is 18.7. The third kappa shape index (κ3) is 6.50. The van der Waals surface area contributed by atoms with Crippen molar-refractivity contribution in [1.29, 1.82) is 0 Å². The van der Waals surface area contributed by atoms with Crippen molar-refractivity contribution in [2.24, 2.45) is 0 Å². The highest BCUT2D eigenvalue weighted by atomic mass is 16.5. The van der Waals surface area contributed by atoms with Crippen LogP contribution in [0.4, 0.5) is 0 Å². The molecule has 3 aromatic carbocycles. The zero-order valence-corrected chi connectivity index (χ0v) is 26.6. The lowest BCUT2D eigenvalue weighted by atomic mass is 9.89. The van der Waals surface area contributed by atoms with Gasteiger partial charge >= 0.3 is 0 Å². The number of methoxy groups -OCH3 is 5. The molecule has 45 heavy (non-hydrogen) atoms. The van der Waals surface area contributed by atoms with Crippen molar-refractivity contribution in [3.05, 3.63) is 94.2 Å². The highest BCUT2D eigenvalue weighted by Gasteiger charge is 2.25. The van der Waals surface area contributed by atoms with Crippen LogP contribution >= 0.6 is 0 Å². The maximum atomic E-state index is 6.19. The maximum absolute atomic E-state index is 6.19. The van der Waals surface area contributed by atoms with Crippen LogP contribution in [0.25, 0.3) is 0 Å². The van der Waals surface area contributed by atoms with Crippen molar-refractivity contribution in [1.82, 2.24) is 15.6 Å². The second-order valence-electron chi connectivity index (χ2n) is 11.3.